The first-order valence-electron chi connectivity index (χ1n) is 34.6. The lowest BCUT2D eigenvalue weighted by molar-refractivity contribution is -0.386. The predicted molar refractivity (Wildman–Crippen MR) is 334 cm³/mol. The van der Waals surface area contributed by atoms with E-state index in [-0.39, 0.29) is 12.3 Å². The molecule has 522 valence electrons. The van der Waals surface area contributed by atoms with Gasteiger partial charge in [0.2, 0.25) is 11.8 Å². The molecule has 0 saturated carbocycles. The lowest BCUT2D eigenvalue weighted by Gasteiger charge is -2.50. The molecule has 3 aliphatic heterocycles. The van der Waals surface area contributed by atoms with Gasteiger partial charge in [-0.3, -0.25) is 9.59 Å². The van der Waals surface area contributed by atoms with Gasteiger partial charge in [-0.25, -0.2) is 4.79 Å². The van der Waals surface area contributed by atoms with Gasteiger partial charge in [0.25, 0.3) is 5.79 Å². The van der Waals surface area contributed by atoms with Crippen molar-refractivity contribution in [3.05, 3.63) is 12.2 Å². The van der Waals surface area contributed by atoms with Gasteiger partial charge in [-0.2, -0.15) is 0 Å². The minimum Gasteiger partial charge on any atom is -0.477 e. The Kier molecular flexibility index (Phi) is 43.0. The Balaban J connectivity index is 1.55. The number of amides is 2. The molecule has 0 aromatic rings. The maximum absolute atomic E-state index is 13.4. The van der Waals surface area contributed by atoms with Crippen molar-refractivity contribution in [2.24, 2.45) is 0 Å². The number of carboxylic acid groups (broad SMARTS) is 1. The highest BCUT2D eigenvalue weighted by Gasteiger charge is 2.60. The summed E-state index contributed by atoms with van der Waals surface area (Å²) in [7, 11) is 0. The van der Waals surface area contributed by atoms with Gasteiger partial charge < -0.3 is 100 Å². The summed E-state index contributed by atoms with van der Waals surface area (Å²) >= 11 is 0. The van der Waals surface area contributed by atoms with Crippen LogP contribution in [0, 0.1) is 0 Å². The zero-order valence-corrected chi connectivity index (χ0v) is 54.3. The smallest absolute Gasteiger partial charge is 0.364 e. The van der Waals surface area contributed by atoms with Crippen LogP contribution in [-0.4, -0.2) is 215 Å². The van der Waals surface area contributed by atoms with Crippen LogP contribution in [0.25, 0.3) is 0 Å². The van der Waals surface area contributed by atoms with Crippen LogP contribution in [0.1, 0.15) is 252 Å². The summed E-state index contributed by atoms with van der Waals surface area (Å²) < 4.78 is 34.7. The van der Waals surface area contributed by atoms with E-state index < -0.39 is 155 Å². The molecule has 2 amide bonds. The van der Waals surface area contributed by atoms with Crippen molar-refractivity contribution in [2.75, 3.05) is 26.4 Å². The predicted octanol–water partition coefficient (Wildman–Crippen LogP) is 5.90. The van der Waals surface area contributed by atoms with Gasteiger partial charge in [0, 0.05) is 19.8 Å². The molecule has 18 unspecified atom stereocenters. The van der Waals surface area contributed by atoms with Crippen LogP contribution >= 0.6 is 0 Å². The monoisotopic (exact) mass is 1280 g/mol. The summed E-state index contributed by atoms with van der Waals surface area (Å²) in [6.45, 7) is 2.12. The molecule has 3 saturated heterocycles. The number of hydrogen-bond acceptors (Lipinski definition) is 20. The summed E-state index contributed by atoms with van der Waals surface area (Å²) in [5, 5.41) is 136. The number of rotatable bonds is 52. The summed E-state index contributed by atoms with van der Waals surface area (Å²) in [5.74, 6) is -6.14. The third-order valence-corrected chi connectivity index (χ3v) is 17.7. The third-order valence-electron chi connectivity index (χ3n) is 17.7. The van der Waals surface area contributed by atoms with E-state index in [1.54, 1.807) is 6.08 Å². The van der Waals surface area contributed by atoms with E-state index >= 15 is 0 Å². The lowest BCUT2D eigenvalue weighted by atomic mass is 9.88. The molecule has 0 aliphatic carbocycles. The number of aliphatic carboxylic acids is 1. The number of unbranched alkanes of at least 4 members (excludes halogenated alkanes) is 32. The van der Waals surface area contributed by atoms with E-state index in [0.29, 0.717) is 12.8 Å². The number of aliphatic hydroxyl groups excluding tert-OH is 11. The Morgan fingerprint density at radius 1 is 0.584 bits per heavy atom. The fraction of sp³-hybridized carbons (Fsp3) is 0.924. The lowest BCUT2D eigenvalue weighted by Crippen LogP contribution is -2.70. The van der Waals surface area contributed by atoms with E-state index in [2.05, 4.69) is 24.5 Å². The number of carbonyl (C=O) groups excluding carboxylic acids is 2. The van der Waals surface area contributed by atoms with E-state index in [1.807, 2.05) is 6.08 Å². The van der Waals surface area contributed by atoms with Crippen molar-refractivity contribution in [1.29, 1.82) is 0 Å². The number of hydrogen-bond donors (Lipinski definition) is 14. The van der Waals surface area contributed by atoms with Crippen LogP contribution < -0.4 is 10.6 Å². The van der Waals surface area contributed by atoms with Crippen LogP contribution in [-0.2, 0) is 42.8 Å². The van der Waals surface area contributed by atoms with Gasteiger partial charge in [-0.15, -0.1) is 0 Å². The van der Waals surface area contributed by atoms with Crippen molar-refractivity contribution in [3.8, 4) is 0 Å². The average molecular weight is 1280 g/mol. The molecule has 3 rings (SSSR count). The van der Waals surface area contributed by atoms with Crippen LogP contribution in [0.15, 0.2) is 12.2 Å². The molecule has 0 aromatic carbocycles. The fourth-order valence-corrected chi connectivity index (χ4v) is 12.2. The molecule has 0 spiro atoms. The highest BCUT2D eigenvalue weighted by atomic mass is 16.8. The molecule has 0 aromatic heterocycles. The van der Waals surface area contributed by atoms with Crippen molar-refractivity contribution >= 4 is 17.8 Å². The Hall–Kier alpha value is -2.53. The molecule has 89 heavy (non-hydrogen) atoms. The average Bonchev–Trinajstić information content (AvgIpc) is 0.826. The third kappa shape index (κ3) is 30.2. The zero-order chi connectivity index (χ0) is 65.4. The second-order valence-electron chi connectivity index (χ2n) is 25.4. The Morgan fingerprint density at radius 2 is 1.04 bits per heavy atom. The first-order chi connectivity index (χ1) is 42.9. The van der Waals surface area contributed by atoms with Crippen molar-refractivity contribution in [2.45, 2.75) is 362 Å². The normalized spacial score (nSPS) is 28.8. The molecule has 14 N–H and O–H groups in total. The van der Waals surface area contributed by atoms with E-state index in [4.69, 9.17) is 28.4 Å². The highest BCUT2D eigenvalue weighted by Crippen LogP contribution is 2.39. The topological polar surface area (TPSA) is 373 Å². The zero-order valence-electron chi connectivity index (χ0n) is 54.3. The van der Waals surface area contributed by atoms with Crippen LogP contribution in [0.4, 0.5) is 0 Å². The minimum atomic E-state index is -3.08. The first kappa shape index (κ1) is 80.7. The molecule has 23 nitrogen and oxygen atoms in total. The Bertz CT molecular complexity index is 1860. The van der Waals surface area contributed by atoms with Gasteiger partial charge in [-0.05, 0) is 19.3 Å². The molecule has 3 aliphatic rings. The largest absolute Gasteiger partial charge is 0.477 e. The van der Waals surface area contributed by atoms with Crippen LogP contribution in [0.3, 0.4) is 0 Å². The minimum absolute atomic E-state index is 0.205. The second kappa shape index (κ2) is 47.4. The van der Waals surface area contributed by atoms with Gasteiger partial charge in [-0.1, -0.05) is 225 Å². The van der Waals surface area contributed by atoms with E-state index in [9.17, 15) is 75.7 Å². The van der Waals surface area contributed by atoms with Crippen LogP contribution in [0.5, 0.6) is 0 Å². The SMILES string of the molecule is CCCCCCCCCCC/C=C/C(O)C(COC1OC(CO)C(OC2OC(CO)C(O)C(OC3(C(=O)O)CC(O)C(NC(C)=O)C(C(O)C(O)CO)O3)C2O)C(O)C1O)NC(=O)CCCCCCCCCCCCCCCCCCCCCCCCCC. The maximum atomic E-state index is 13.4. The molecular formula is C66H122N2O21. The molecule has 0 radical (unpaired) electrons. The number of allylic oxidation sites excluding steroid dienone is 1. The maximum Gasteiger partial charge on any atom is 0.364 e. The second-order valence-corrected chi connectivity index (χ2v) is 25.4. The first-order valence-corrected chi connectivity index (χ1v) is 34.6. The van der Waals surface area contributed by atoms with Crippen molar-refractivity contribution in [3.63, 3.8) is 0 Å². The Labute approximate surface area is 531 Å². The Morgan fingerprint density at radius 3 is 1.49 bits per heavy atom. The number of carbonyl (C=O) groups is 3. The number of nitrogens with one attached hydrogen (secondary N) is 2. The molecular weight excluding hydrogens is 1160 g/mol. The molecule has 18 atom stereocenters. The molecule has 23 heteroatoms. The summed E-state index contributed by atoms with van der Waals surface area (Å²) in [6.07, 6.45) is 15.7. The molecule has 0 bridgehead atoms. The molecule has 3 heterocycles. The quantitative estimate of drug-likeness (QED) is 0.0249. The highest BCUT2D eigenvalue weighted by molar-refractivity contribution is 5.77. The summed E-state index contributed by atoms with van der Waals surface area (Å²) in [4.78, 5) is 38.5. The van der Waals surface area contributed by atoms with Crippen LogP contribution in [0.2, 0.25) is 0 Å². The van der Waals surface area contributed by atoms with E-state index in [1.165, 1.54) is 161 Å². The van der Waals surface area contributed by atoms with E-state index in [0.717, 1.165) is 51.9 Å². The standard InChI is InChI=1S/C66H122N2O21/c1-4-6-8-10-12-14-16-17-18-19-20-21-22-23-24-25-26-27-28-30-32-34-36-38-40-53(76)68-47(48(73)39-37-35-33-31-29-15-13-11-9-7-5-2)45-84-63-58(80)57(79)60(52(44-71)86-63)87-64-59(81)62(56(78)51(43-70)85-64)89-66(65(82)83)41-49(74)54(67-46(3)72)61(88-66)55(77)50(75)42-69/h37,39,47-52,54-64,69-71,73-75,77-81H,4-36,38,40-45H2,1-3H3,(H,67,72)(H,68,76)(H,82,83)/b39-37+. The summed E-state index contributed by atoms with van der Waals surface area (Å²) in [5.41, 5.74) is 0. The number of ether oxygens (including phenoxy) is 6. The van der Waals surface area contributed by atoms with Gasteiger partial charge in [0.1, 0.15) is 67.1 Å². The van der Waals surface area contributed by atoms with Crippen molar-refractivity contribution < 1.29 is 104 Å². The van der Waals surface area contributed by atoms with Gasteiger partial charge in [0.05, 0.1) is 50.7 Å². The fourth-order valence-electron chi connectivity index (χ4n) is 12.2. The van der Waals surface area contributed by atoms with Gasteiger partial charge in [0.15, 0.2) is 12.6 Å². The molecule has 3 fully saturated rings. The van der Waals surface area contributed by atoms with Crippen molar-refractivity contribution in [1.82, 2.24) is 10.6 Å². The number of aliphatic hydroxyl groups is 11. The number of carboxylic acids is 1. The van der Waals surface area contributed by atoms with Gasteiger partial charge >= 0.3 is 5.97 Å². The summed E-state index contributed by atoms with van der Waals surface area (Å²) in [6, 6.07) is -2.61.